The van der Waals surface area contributed by atoms with Gasteiger partial charge in [0.1, 0.15) is 5.15 Å². The van der Waals surface area contributed by atoms with Gasteiger partial charge in [0.15, 0.2) is 5.13 Å². The van der Waals surface area contributed by atoms with Crippen molar-refractivity contribution in [3.63, 3.8) is 0 Å². The van der Waals surface area contributed by atoms with Crippen molar-refractivity contribution in [3.8, 4) is 0 Å². The highest BCUT2D eigenvalue weighted by molar-refractivity contribution is 7.16. The normalized spacial score (nSPS) is 26.1. The number of anilines is 1. The molecular weight excluding hydrogens is 263 g/mol. The van der Waals surface area contributed by atoms with Gasteiger partial charge in [-0.3, -0.25) is 0 Å². The lowest BCUT2D eigenvalue weighted by molar-refractivity contribution is 0.363. The lowest BCUT2D eigenvalue weighted by atomic mass is 9.93. The van der Waals surface area contributed by atoms with Gasteiger partial charge in [-0.1, -0.05) is 29.9 Å². The van der Waals surface area contributed by atoms with E-state index >= 15 is 0 Å². The topological polar surface area (TPSA) is 16.1 Å². The van der Waals surface area contributed by atoms with Gasteiger partial charge in [-0.2, -0.15) is 0 Å². The van der Waals surface area contributed by atoms with Crippen molar-refractivity contribution in [3.05, 3.63) is 10.0 Å². The summed E-state index contributed by atoms with van der Waals surface area (Å²) in [5, 5.41) is 1.60. The molecule has 1 aromatic rings. The van der Waals surface area contributed by atoms with Crippen LogP contribution < -0.4 is 4.90 Å². The molecular formula is C11H16Cl2N2S. The molecule has 0 spiro atoms. The van der Waals surface area contributed by atoms with Gasteiger partial charge in [0.25, 0.3) is 0 Å². The van der Waals surface area contributed by atoms with E-state index in [1.165, 1.54) is 12.8 Å². The fourth-order valence-corrected chi connectivity index (χ4v) is 3.72. The molecule has 90 valence electrons. The van der Waals surface area contributed by atoms with E-state index in [4.69, 9.17) is 23.2 Å². The summed E-state index contributed by atoms with van der Waals surface area (Å²) in [6.07, 6.45) is 2.54. The van der Waals surface area contributed by atoms with Crippen molar-refractivity contribution < 1.29 is 0 Å². The number of alkyl halides is 1. The van der Waals surface area contributed by atoms with Gasteiger partial charge in [0, 0.05) is 12.6 Å². The second-order valence-electron chi connectivity index (χ2n) is 4.40. The fraction of sp³-hybridized carbons (Fsp3) is 0.727. The third-order valence-corrected chi connectivity index (χ3v) is 5.32. The zero-order valence-corrected chi connectivity index (χ0v) is 11.9. The number of nitrogens with zero attached hydrogens (tertiary/aromatic N) is 2. The Morgan fingerprint density at radius 2 is 2.25 bits per heavy atom. The maximum Gasteiger partial charge on any atom is 0.187 e. The van der Waals surface area contributed by atoms with E-state index in [1.54, 1.807) is 11.3 Å². The molecule has 2 nitrogen and oxygen atoms in total. The standard InChI is InChI=1S/C11H16Cl2N2S/c1-7-4-3-5-15(8(7)2)11-14-10(13)9(6-12)16-11/h7-8H,3-6H2,1-2H3. The molecule has 2 heterocycles. The molecule has 1 aliphatic rings. The molecule has 5 heteroatoms. The first kappa shape index (κ1) is 12.5. The maximum absolute atomic E-state index is 6.04. The number of thiazole rings is 1. The van der Waals surface area contributed by atoms with Crippen LogP contribution in [-0.2, 0) is 5.88 Å². The summed E-state index contributed by atoms with van der Waals surface area (Å²) in [6.45, 7) is 5.64. The SMILES string of the molecule is CC1CCCN(c2nc(Cl)c(CCl)s2)C1C. The molecule has 2 unspecified atom stereocenters. The summed E-state index contributed by atoms with van der Waals surface area (Å²) < 4.78 is 0. The van der Waals surface area contributed by atoms with E-state index in [9.17, 15) is 0 Å². The molecule has 0 saturated carbocycles. The minimum atomic E-state index is 0.453. The molecule has 2 atom stereocenters. The first-order valence-electron chi connectivity index (χ1n) is 5.61. The predicted molar refractivity (Wildman–Crippen MR) is 71.9 cm³/mol. The van der Waals surface area contributed by atoms with Gasteiger partial charge >= 0.3 is 0 Å². The summed E-state index contributed by atoms with van der Waals surface area (Å²) >= 11 is 13.5. The Labute approximate surface area is 111 Å². The summed E-state index contributed by atoms with van der Waals surface area (Å²) in [6, 6.07) is 0.541. The Morgan fingerprint density at radius 1 is 1.50 bits per heavy atom. The van der Waals surface area contributed by atoms with Crippen LogP contribution in [0.1, 0.15) is 31.6 Å². The Kier molecular flexibility index (Phi) is 3.98. The van der Waals surface area contributed by atoms with Gasteiger partial charge in [-0.15, -0.1) is 11.6 Å². The van der Waals surface area contributed by atoms with Crippen LogP contribution in [-0.4, -0.2) is 17.6 Å². The van der Waals surface area contributed by atoms with Crippen LogP contribution in [0.25, 0.3) is 0 Å². The second-order valence-corrected chi connectivity index (χ2v) is 6.08. The van der Waals surface area contributed by atoms with Crippen LogP contribution >= 0.6 is 34.5 Å². The molecule has 0 bridgehead atoms. The third kappa shape index (κ3) is 2.31. The van der Waals surface area contributed by atoms with Crippen LogP contribution in [0.5, 0.6) is 0 Å². The number of hydrogen-bond donors (Lipinski definition) is 0. The number of hydrogen-bond acceptors (Lipinski definition) is 3. The van der Waals surface area contributed by atoms with Gasteiger partial charge in [-0.25, -0.2) is 4.98 Å². The molecule has 0 aromatic carbocycles. The van der Waals surface area contributed by atoms with Crippen LogP contribution in [0.2, 0.25) is 5.15 Å². The minimum Gasteiger partial charge on any atom is -0.345 e. The van der Waals surface area contributed by atoms with E-state index < -0.39 is 0 Å². The highest BCUT2D eigenvalue weighted by Crippen LogP contribution is 2.35. The van der Waals surface area contributed by atoms with E-state index in [0.717, 1.165) is 22.5 Å². The van der Waals surface area contributed by atoms with E-state index in [0.29, 0.717) is 17.1 Å². The van der Waals surface area contributed by atoms with E-state index in [2.05, 4.69) is 23.7 Å². The van der Waals surface area contributed by atoms with Gasteiger partial charge in [0.05, 0.1) is 10.8 Å². The van der Waals surface area contributed by atoms with Gasteiger partial charge in [-0.05, 0) is 25.7 Å². The van der Waals surface area contributed by atoms with Crippen molar-refractivity contribution in [2.45, 2.75) is 38.6 Å². The maximum atomic E-state index is 6.04. The molecule has 0 amide bonds. The third-order valence-electron chi connectivity index (χ3n) is 3.38. The molecule has 1 saturated heterocycles. The molecule has 1 aromatic heterocycles. The molecule has 0 aliphatic carbocycles. The van der Waals surface area contributed by atoms with Gasteiger partial charge < -0.3 is 4.90 Å². The fourth-order valence-electron chi connectivity index (χ4n) is 2.13. The van der Waals surface area contributed by atoms with E-state index in [1.807, 2.05) is 0 Å². The van der Waals surface area contributed by atoms with Crippen molar-refractivity contribution in [1.82, 2.24) is 4.98 Å². The quantitative estimate of drug-likeness (QED) is 0.756. The van der Waals surface area contributed by atoms with Crippen LogP contribution in [0, 0.1) is 5.92 Å². The summed E-state index contributed by atoms with van der Waals surface area (Å²) in [4.78, 5) is 7.75. The summed E-state index contributed by atoms with van der Waals surface area (Å²) in [5.41, 5.74) is 0. The highest BCUT2D eigenvalue weighted by atomic mass is 35.5. The zero-order valence-electron chi connectivity index (χ0n) is 9.54. The van der Waals surface area contributed by atoms with Crippen LogP contribution in [0.4, 0.5) is 5.13 Å². The van der Waals surface area contributed by atoms with Crippen molar-refractivity contribution in [1.29, 1.82) is 0 Å². The van der Waals surface area contributed by atoms with Crippen LogP contribution in [0.15, 0.2) is 0 Å². The average Bonchev–Trinajstić information content (AvgIpc) is 2.63. The first-order valence-corrected chi connectivity index (χ1v) is 7.34. The molecule has 1 fully saturated rings. The number of halogens is 2. The Morgan fingerprint density at radius 3 is 2.88 bits per heavy atom. The predicted octanol–water partition coefficient (Wildman–Crippen LogP) is 4.16. The Hall–Kier alpha value is 0.01000. The first-order chi connectivity index (χ1) is 7.63. The minimum absolute atomic E-state index is 0.453. The smallest absolute Gasteiger partial charge is 0.187 e. The number of rotatable bonds is 2. The van der Waals surface area contributed by atoms with Crippen molar-refractivity contribution in [2.24, 2.45) is 5.92 Å². The average molecular weight is 279 g/mol. The molecule has 0 radical (unpaired) electrons. The van der Waals surface area contributed by atoms with Crippen molar-refractivity contribution >= 4 is 39.7 Å². The van der Waals surface area contributed by atoms with Crippen LogP contribution in [0.3, 0.4) is 0 Å². The molecule has 2 rings (SSSR count). The second kappa shape index (κ2) is 5.11. The lowest BCUT2D eigenvalue weighted by Crippen LogP contribution is -2.42. The summed E-state index contributed by atoms with van der Waals surface area (Å²) in [7, 11) is 0. The molecule has 1 aliphatic heterocycles. The largest absolute Gasteiger partial charge is 0.345 e. The highest BCUT2D eigenvalue weighted by Gasteiger charge is 2.27. The lowest BCUT2D eigenvalue weighted by Gasteiger charge is -2.37. The van der Waals surface area contributed by atoms with Crippen molar-refractivity contribution in [2.75, 3.05) is 11.4 Å². The van der Waals surface area contributed by atoms with E-state index in [-0.39, 0.29) is 0 Å². The number of piperidine rings is 1. The number of aromatic nitrogens is 1. The zero-order chi connectivity index (χ0) is 11.7. The monoisotopic (exact) mass is 278 g/mol. The molecule has 0 N–H and O–H groups in total. The Balaban J connectivity index is 2.22. The Bertz CT molecular complexity index is 367. The summed E-state index contributed by atoms with van der Waals surface area (Å²) in [5.74, 6) is 1.17. The van der Waals surface area contributed by atoms with Gasteiger partial charge in [0.2, 0.25) is 0 Å². The molecule has 16 heavy (non-hydrogen) atoms.